The lowest BCUT2D eigenvalue weighted by atomic mass is 10.1. The summed E-state index contributed by atoms with van der Waals surface area (Å²) >= 11 is 0. The summed E-state index contributed by atoms with van der Waals surface area (Å²) in [4.78, 5) is 30.1. The van der Waals surface area contributed by atoms with Gasteiger partial charge in [-0.05, 0) is 57.2 Å². The molecule has 7 heteroatoms. The van der Waals surface area contributed by atoms with Gasteiger partial charge in [0.15, 0.2) is 0 Å². The summed E-state index contributed by atoms with van der Waals surface area (Å²) in [6.45, 7) is 8.59. The average molecular weight is 410 g/mol. The number of anilines is 1. The summed E-state index contributed by atoms with van der Waals surface area (Å²) in [6, 6.07) is 13.9. The van der Waals surface area contributed by atoms with E-state index >= 15 is 0 Å². The molecule has 2 heterocycles. The molecular formula is C23H27FN4O2. The second-order valence-electron chi connectivity index (χ2n) is 8.71. The first-order valence-electron chi connectivity index (χ1n) is 10.2. The molecule has 3 aromatic rings. The molecule has 1 aliphatic rings. The van der Waals surface area contributed by atoms with Crippen molar-refractivity contribution in [2.45, 2.75) is 32.9 Å². The molecule has 158 valence electrons. The van der Waals surface area contributed by atoms with Crippen LogP contribution in [0.5, 0.6) is 0 Å². The van der Waals surface area contributed by atoms with E-state index in [0.717, 1.165) is 11.2 Å². The zero-order valence-corrected chi connectivity index (χ0v) is 17.6. The topological polar surface area (TPSA) is 50.5 Å². The Bertz CT molecular complexity index is 1120. The molecule has 0 radical (unpaired) electrons. The standard InChI is InChI=1S/C23H27FN4O2/c1-23(2,3)28-22(30)19-6-4-5-7-20(19)27(28)16-21(29)26-14-12-25(13-15-26)18-10-8-17(24)9-11-18/h4-11H,12-16H2,1-3H3. The molecule has 6 nitrogen and oxygen atoms in total. The van der Waals surface area contributed by atoms with Crippen LogP contribution in [0.2, 0.25) is 0 Å². The number of fused-ring (bicyclic) bond motifs is 1. The van der Waals surface area contributed by atoms with Crippen LogP contribution in [0, 0.1) is 5.82 Å². The van der Waals surface area contributed by atoms with Gasteiger partial charge in [-0.1, -0.05) is 12.1 Å². The third-order valence-electron chi connectivity index (χ3n) is 5.59. The first-order valence-corrected chi connectivity index (χ1v) is 10.2. The lowest BCUT2D eigenvalue weighted by Gasteiger charge is -2.36. The number of nitrogens with zero attached hydrogens (tertiary/aromatic N) is 4. The van der Waals surface area contributed by atoms with Gasteiger partial charge in [-0.2, -0.15) is 0 Å². The van der Waals surface area contributed by atoms with E-state index in [0.29, 0.717) is 31.6 Å². The summed E-state index contributed by atoms with van der Waals surface area (Å²) in [5.41, 5.74) is 1.21. The van der Waals surface area contributed by atoms with Crippen LogP contribution in [0.4, 0.5) is 10.1 Å². The van der Waals surface area contributed by atoms with Gasteiger partial charge in [0.2, 0.25) is 5.91 Å². The fraction of sp³-hybridized carbons (Fsp3) is 0.391. The molecule has 0 spiro atoms. The maximum Gasteiger partial charge on any atom is 0.275 e. The minimum Gasteiger partial charge on any atom is -0.368 e. The molecule has 0 unspecified atom stereocenters. The van der Waals surface area contributed by atoms with E-state index in [1.54, 1.807) is 16.8 Å². The number of rotatable bonds is 3. The number of carbonyl (C=O) groups excluding carboxylic acids is 1. The number of halogens is 1. The van der Waals surface area contributed by atoms with Gasteiger partial charge >= 0.3 is 0 Å². The highest BCUT2D eigenvalue weighted by Gasteiger charge is 2.27. The van der Waals surface area contributed by atoms with Crippen molar-refractivity contribution >= 4 is 22.5 Å². The monoisotopic (exact) mass is 410 g/mol. The van der Waals surface area contributed by atoms with Crippen LogP contribution in [-0.4, -0.2) is 46.3 Å². The van der Waals surface area contributed by atoms with Crippen LogP contribution in [-0.2, 0) is 16.9 Å². The lowest BCUT2D eigenvalue weighted by molar-refractivity contribution is -0.132. The van der Waals surface area contributed by atoms with Gasteiger partial charge in [0.25, 0.3) is 5.56 Å². The van der Waals surface area contributed by atoms with E-state index in [-0.39, 0.29) is 23.8 Å². The van der Waals surface area contributed by atoms with Crippen molar-refractivity contribution in [3.05, 3.63) is 64.7 Å². The predicted octanol–water partition coefficient (Wildman–Crippen LogP) is 3.05. The van der Waals surface area contributed by atoms with Gasteiger partial charge in [-0.3, -0.25) is 14.3 Å². The van der Waals surface area contributed by atoms with E-state index in [2.05, 4.69) is 4.90 Å². The Labute approximate surface area is 175 Å². The normalized spacial score (nSPS) is 15.1. The first kappa shape index (κ1) is 20.2. The fourth-order valence-electron chi connectivity index (χ4n) is 4.13. The quantitative estimate of drug-likeness (QED) is 0.667. The number of para-hydroxylation sites is 1. The minimum atomic E-state index is -0.447. The molecule has 1 fully saturated rings. The van der Waals surface area contributed by atoms with E-state index in [4.69, 9.17) is 0 Å². The van der Waals surface area contributed by atoms with E-state index in [1.807, 2.05) is 54.6 Å². The van der Waals surface area contributed by atoms with Crippen LogP contribution in [0.1, 0.15) is 20.8 Å². The van der Waals surface area contributed by atoms with Crippen molar-refractivity contribution in [3.8, 4) is 0 Å². The van der Waals surface area contributed by atoms with Crippen LogP contribution in [0.3, 0.4) is 0 Å². The van der Waals surface area contributed by atoms with E-state index in [9.17, 15) is 14.0 Å². The van der Waals surface area contributed by atoms with Crippen LogP contribution in [0.15, 0.2) is 53.3 Å². The Morgan fingerprint density at radius 2 is 1.60 bits per heavy atom. The van der Waals surface area contributed by atoms with E-state index in [1.165, 1.54) is 12.1 Å². The van der Waals surface area contributed by atoms with E-state index < -0.39 is 5.54 Å². The van der Waals surface area contributed by atoms with Crippen LogP contribution in [0.25, 0.3) is 10.9 Å². The smallest absolute Gasteiger partial charge is 0.275 e. The van der Waals surface area contributed by atoms with Gasteiger partial charge in [0, 0.05) is 31.9 Å². The minimum absolute atomic E-state index is 0.00694. The lowest BCUT2D eigenvalue weighted by Crippen LogP contribution is -2.50. The van der Waals surface area contributed by atoms with Gasteiger partial charge < -0.3 is 9.80 Å². The van der Waals surface area contributed by atoms with Crippen molar-refractivity contribution in [1.82, 2.24) is 14.3 Å². The van der Waals surface area contributed by atoms with Crippen molar-refractivity contribution in [1.29, 1.82) is 0 Å². The largest absolute Gasteiger partial charge is 0.368 e. The second-order valence-corrected chi connectivity index (χ2v) is 8.71. The van der Waals surface area contributed by atoms with Gasteiger partial charge in [-0.15, -0.1) is 0 Å². The molecule has 0 saturated carbocycles. The summed E-state index contributed by atoms with van der Waals surface area (Å²) in [5, 5.41) is 0.626. The number of hydrogen-bond donors (Lipinski definition) is 0. The zero-order valence-electron chi connectivity index (χ0n) is 17.6. The van der Waals surface area contributed by atoms with Crippen molar-refractivity contribution in [3.63, 3.8) is 0 Å². The molecule has 2 aromatic carbocycles. The van der Waals surface area contributed by atoms with Gasteiger partial charge in [0.1, 0.15) is 12.4 Å². The highest BCUT2D eigenvalue weighted by Crippen LogP contribution is 2.20. The maximum atomic E-state index is 13.2. The highest BCUT2D eigenvalue weighted by atomic mass is 19.1. The molecule has 4 rings (SSSR count). The second kappa shape index (κ2) is 7.63. The van der Waals surface area contributed by atoms with Crippen LogP contribution >= 0.6 is 0 Å². The number of carbonyl (C=O) groups is 1. The Morgan fingerprint density at radius 1 is 0.967 bits per heavy atom. The van der Waals surface area contributed by atoms with Crippen LogP contribution < -0.4 is 10.5 Å². The maximum absolute atomic E-state index is 13.2. The Balaban J connectivity index is 1.53. The third kappa shape index (κ3) is 3.72. The highest BCUT2D eigenvalue weighted by molar-refractivity contribution is 5.82. The summed E-state index contributed by atoms with van der Waals surface area (Å²) < 4.78 is 16.7. The molecule has 0 bridgehead atoms. The number of hydrogen-bond acceptors (Lipinski definition) is 3. The summed E-state index contributed by atoms with van der Waals surface area (Å²) in [7, 11) is 0. The van der Waals surface area contributed by atoms with Crippen molar-refractivity contribution < 1.29 is 9.18 Å². The molecule has 1 amide bonds. The van der Waals surface area contributed by atoms with Gasteiger partial charge in [-0.25, -0.2) is 9.07 Å². The number of amides is 1. The first-order chi connectivity index (χ1) is 14.3. The molecular weight excluding hydrogens is 383 g/mol. The number of piperazine rings is 1. The fourth-order valence-corrected chi connectivity index (χ4v) is 4.13. The molecule has 30 heavy (non-hydrogen) atoms. The summed E-state index contributed by atoms with van der Waals surface area (Å²) in [5.74, 6) is -0.260. The molecule has 0 atom stereocenters. The molecule has 1 aliphatic heterocycles. The predicted molar refractivity (Wildman–Crippen MR) is 116 cm³/mol. The van der Waals surface area contributed by atoms with Crippen molar-refractivity contribution in [2.24, 2.45) is 0 Å². The molecule has 0 aliphatic carbocycles. The number of benzene rings is 2. The third-order valence-corrected chi connectivity index (χ3v) is 5.59. The van der Waals surface area contributed by atoms with Crippen molar-refractivity contribution in [2.75, 3.05) is 31.1 Å². The Hall–Kier alpha value is -3.09. The molecule has 0 N–H and O–H groups in total. The summed E-state index contributed by atoms with van der Waals surface area (Å²) in [6.07, 6.45) is 0. The average Bonchev–Trinajstić information content (AvgIpc) is 3.01. The Morgan fingerprint density at radius 3 is 2.23 bits per heavy atom. The van der Waals surface area contributed by atoms with Gasteiger partial charge in [0.05, 0.1) is 16.4 Å². The SMILES string of the molecule is CC(C)(C)n1c(=O)c2ccccc2n1CC(=O)N1CCN(c2ccc(F)cc2)CC1. The Kier molecular flexibility index (Phi) is 5.13. The molecule has 1 saturated heterocycles. The number of aromatic nitrogens is 2. The zero-order chi connectivity index (χ0) is 21.5. The molecule has 1 aromatic heterocycles.